The van der Waals surface area contributed by atoms with Crippen molar-refractivity contribution in [2.75, 3.05) is 6.61 Å². The van der Waals surface area contributed by atoms with Gasteiger partial charge in [0.05, 0.1) is 6.61 Å². The van der Waals surface area contributed by atoms with Crippen LogP contribution >= 0.6 is 0 Å². The Balaban J connectivity index is 2.30. The summed E-state index contributed by atoms with van der Waals surface area (Å²) < 4.78 is 14.4. The average molecular weight is 306 g/mol. The Morgan fingerprint density at radius 1 is 1.18 bits per heavy atom. The Labute approximate surface area is 128 Å². The first-order valence-corrected chi connectivity index (χ1v) is 6.63. The van der Waals surface area contributed by atoms with E-state index in [-0.39, 0.29) is 18.8 Å². The van der Waals surface area contributed by atoms with Crippen LogP contribution < -0.4 is 0 Å². The lowest BCUT2D eigenvalue weighted by molar-refractivity contribution is -0.173. The van der Waals surface area contributed by atoms with Gasteiger partial charge >= 0.3 is 17.9 Å². The third-order valence-corrected chi connectivity index (χ3v) is 2.51. The Bertz CT molecular complexity index is 549. The highest BCUT2D eigenvalue weighted by Gasteiger charge is 2.22. The third-order valence-electron chi connectivity index (χ3n) is 2.51. The van der Waals surface area contributed by atoms with E-state index >= 15 is 0 Å². The van der Waals surface area contributed by atoms with Crippen molar-refractivity contribution in [2.24, 2.45) is 0 Å². The van der Waals surface area contributed by atoms with Gasteiger partial charge in [0, 0.05) is 5.57 Å². The number of carbonyl (C=O) groups is 3. The van der Waals surface area contributed by atoms with Gasteiger partial charge in [0.15, 0.2) is 6.10 Å². The second-order valence-corrected chi connectivity index (χ2v) is 4.60. The van der Waals surface area contributed by atoms with Gasteiger partial charge in [-0.1, -0.05) is 36.9 Å². The molecule has 0 fully saturated rings. The maximum Gasteiger partial charge on any atom is 0.354 e. The summed E-state index contributed by atoms with van der Waals surface area (Å²) in [4.78, 5) is 34.2. The number of hydrogen-bond donors (Lipinski definition) is 0. The lowest BCUT2D eigenvalue weighted by atomic mass is 10.2. The van der Waals surface area contributed by atoms with E-state index in [0.717, 1.165) is 5.56 Å². The van der Waals surface area contributed by atoms with Gasteiger partial charge in [0.2, 0.25) is 0 Å². The fourth-order valence-electron chi connectivity index (χ4n) is 1.36. The second kappa shape index (κ2) is 8.74. The van der Waals surface area contributed by atoms with E-state index < -0.39 is 24.0 Å². The normalized spacial score (nSPS) is 11.4. The van der Waals surface area contributed by atoms with Crippen molar-refractivity contribution in [1.29, 1.82) is 0 Å². The summed E-state index contributed by atoms with van der Waals surface area (Å²) in [7, 11) is 0. The number of rotatable bonds is 7. The largest absolute Gasteiger partial charge is 0.447 e. The molecular formula is C16H18O6. The summed E-state index contributed by atoms with van der Waals surface area (Å²) >= 11 is 0. The molecule has 0 aliphatic rings. The number of carbonyl (C=O) groups excluding carboxylic acids is 3. The van der Waals surface area contributed by atoms with Crippen molar-refractivity contribution >= 4 is 17.9 Å². The highest BCUT2D eigenvalue weighted by molar-refractivity contribution is 5.92. The number of ether oxygens (including phenoxy) is 3. The van der Waals surface area contributed by atoms with E-state index in [9.17, 15) is 14.4 Å². The van der Waals surface area contributed by atoms with Gasteiger partial charge in [-0.25, -0.2) is 14.4 Å². The molecule has 0 aromatic heterocycles. The topological polar surface area (TPSA) is 78.9 Å². The Hall–Kier alpha value is -2.47. The first-order valence-electron chi connectivity index (χ1n) is 6.63. The fraction of sp³-hybridized carbons (Fsp3) is 0.312. The molecule has 1 rings (SSSR count). The molecule has 0 heterocycles. The molecule has 0 radical (unpaired) electrons. The minimum absolute atomic E-state index is 0.150. The van der Waals surface area contributed by atoms with Crippen molar-refractivity contribution < 1.29 is 28.6 Å². The van der Waals surface area contributed by atoms with Crippen LogP contribution in [0.2, 0.25) is 0 Å². The van der Waals surface area contributed by atoms with Gasteiger partial charge in [-0.05, 0) is 19.4 Å². The molecule has 0 aliphatic heterocycles. The highest BCUT2D eigenvalue weighted by Crippen LogP contribution is 2.03. The molecule has 1 aromatic rings. The van der Waals surface area contributed by atoms with Crippen molar-refractivity contribution in [3.63, 3.8) is 0 Å². The van der Waals surface area contributed by atoms with E-state index in [1.165, 1.54) is 13.8 Å². The molecule has 0 saturated heterocycles. The summed E-state index contributed by atoms with van der Waals surface area (Å²) in [6.45, 7) is 5.99. The Kier molecular flexibility index (Phi) is 6.98. The van der Waals surface area contributed by atoms with Gasteiger partial charge in [-0.3, -0.25) is 0 Å². The molecule has 0 spiro atoms. The van der Waals surface area contributed by atoms with Crippen LogP contribution in [0.15, 0.2) is 42.5 Å². The fourth-order valence-corrected chi connectivity index (χ4v) is 1.36. The molecule has 1 unspecified atom stereocenters. The van der Waals surface area contributed by atoms with Crippen LogP contribution in [0.4, 0.5) is 0 Å². The molecule has 0 amide bonds. The molecule has 6 nitrogen and oxygen atoms in total. The lowest BCUT2D eigenvalue weighted by Crippen LogP contribution is -2.29. The van der Waals surface area contributed by atoms with Crippen LogP contribution in [0.5, 0.6) is 0 Å². The summed E-state index contributed by atoms with van der Waals surface area (Å²) in [6.07, 6.45) is -1.19. The van der Waals surface area contributed by atoms with Gasteiger partial charge < -0.3 is 14.2 Å². The van der Waals surface area contributed by atoms with Gasteiger partial charge in [0.1, 0.15) is 6.61 Å². The molecule has 0 N–H and O–H groups in total. The van der Waals surface area contributed by atoms with Crippen LogP contribution in [0.3, 0.4) is 0 Å². The van der Waals surface area contributed by atoms with Crippen LogP contribution in [0.25, 0.3) is 0 Å². The lowest BCUT2D eigenvalue weighted by Gasteiger charge is -2.11. The van der Waals surface area contributed by atoms with E-state index in [4.69, 9.17) is 9.47 Å². The Morgan fingerprint density at radius 2 is 1.82 bits per heavy atom. The molecule has 1 atom stereocenters. The van der Waals surface area contributed by atoms with E-state index in [1.807, 2.05) is 30.3 Å². The second-order valence-electron chi connectivity index (χ2n) is 4.60. The number of hydrogen-bond acceptors (Lipinski definition) is 6. The van der Waals surface area contributed by atoms with Crippen molar-refractivity contribution in [3.8, 4) is 0 Å². The minimum atomic E-state index is -1.19. The zero-order valence-electron chi connectivity index (χ0n) is 12.5. The van der Waals surface area contributed by atoms with E-state index in [2.05, 4.69) is 11.3 Å². The highest BCUT2D eigenvalue weighted by atomic mass is 16.6. The average Bonchev–Trinajstić information content (AvgIpc) is 2.47. The molecule has 0 bridgehead atoms. The van der Waals surface area contributed by atoms with Gasteiger partial charge in [0.25, 0.3) is 0 Å². The molecule has 22 heavy (non-hydrogen) atoms. The van der Waals surface area contributed by atoms with Gasteiger partial charge in [-0.15, -0.1) is 0 Å². The molecule has 118 valence electrons. The predicted molar refractivity (Wildman–Crippen MR) is 77.6 cm³/mol. The standard InChI is InChI=1S/C16H18O6/c1-11(2)15(18)21-12(3)16(19)22-14(17)10-20-9-13-7-5-4-6-8-13/h4-8,12H,1,9-10H2,2-3H3. The molecule has 6 heteroatoms. The van der Waals surface area contributed by atoms with Crippen LogP contribution in [0, 0.1) is 0 Å². The zero-order chi connectivity index (χ0) is 16.5. The quantitative estimate of drug-likeness (QED) is 0.434. The summed E-state index contributed by atoms with van der Waals surface area (Å²) in [5.41, 5.74) is 1.04. The van der Waals surface area contributed by atoms with Crippen molar-refractivity contribution in [1.82, 2.24) is 0 Å². The van der Waals surface area contributed by atoms with Crippen LogP contribution in [-0.4, -0.2) is 30.6 Å². The van der Waals surface area contributed by atoms with Crippen LogP contribution in [-0.2, 0) is 35.2 Å². The van der Waals surface area contributed by atoms with E-state index in [0.29, 0.717) is 0 Å². The van der Waals surface area contributed by atoms with Crippen molar-refractivity contribution in [2.45, 2.75) is 26.6 Å². The monoisotopic (exact) mass is 306 g/mol. The minimum Gasteiger partial charge on any atom is -0.447 e. The third kappa shape index (κ3) is 6.32. The van der Waals surface area contributed by atoms with Gasteiger partial charge in [-0.2, -0.15) is 0 Å². The van der Waals surface area contributed by atoms with E-state index in [1.54, 1.807) is 0 Å². The maximum atomic E-state index is 11.5. The summed E-state index contributed by atoms with van der Waals surface area (Å²) in [5, 5.41) is 0. The molecule has 0 aliphatic carbocycles. The maximum absolute atomic E-state index is 11.5. The molecular weight excluding hydrogens is 288 g/mol. The molecule has 0 saturated carbocycles. The number of esters is 3. The first kappa shape index (κ1) is 17.6. The smallest absolute Gasteiger partial charge is 0.354 e. The van der Waals surface area contributed by atoms with Crippen molar-refractivity contribution in [3.05, 3.63) is 48.0 Å². The first-order chi connectivity index (χ1) is 10.4. The number of benzene rings is 1. The summed E-state index contributed by atoms with van der Waals surface area (Å²) in [5.74, 6) is -2.53. The summed E-state index contributed by atoms with van der Waals surface area (Å²) in [6, 6.07) is 9.24. The zero-order valence-corrected chi connectivity index (χ0v) is 12.5. The predicted octanol–water partition coefficient (Wildman–Crippen LogP) is 1.78. The Morgan fingerprint density at radius 3 is 2.41 bits per heavy atom. The van der Waals surface area contributed by atoms with Crippen LogP contribution in [0.1, 0.15) is 19.4 Å². The molecule has 1 aromatic carbocycles. The SMILES string of the molecule is C=C(C)C(=O)OC(C)C(=O)OC(=O)COCc1ccccc1.